The van der Waals surface area contributed by atoms with Crippen molar-refractivity contribution >= 4 is 13.1 Å². The monoisotopic (exact) mass is 906 g/mol. The number of benzene rings is 2. The van der Waals surface area contributed by atoms with Crippen molar-refractivity contribution in [3.8, 4) is 11.1 Å². The van der Waals surface area contributed by atoms with Crippen LogP contribution in [0.5, 0.6) is 0 Å². The molecule has 0 aliphatic heterocycles. The SMILES string of the molecule is CCCCCC[CH2][Al-]([CH2]CCCCCC)([CH2]CCCCCC)[CH2]CCCCCC.CCC[NH2+]CCC.Cc1c(F)c(F)c(F)c(C(F)(F)F)c1-c1c(F)c(F)c(F)c(F)c1F. The van der Waals surface area contributed by atoms with Gasteiger partial charge in [-0.15, -0.1) is 0 Å². The van der Waals surface area contributed by atoms with Gasteiger partial charge in [-0.25, -0.2) is 35.1 Å². The molecule has 0 fully saturated rings. The maximum atomic E-state index is 13.8. The Kier molecular flexibility index (Phi) is 32.6. The standard InChI is InChI=1S/C14H3F11.4C7H15.C6H15N.Al/c1-2-3(4-7(16)11(20)13(22)12(21)8(4)17)5(14(23,24)25)9(18)10(19)6(2)15;5*1-3-5-7-6-4-2;/h1H3;4*1,3-7H2,2H3;7H,3-6H2,1-2H3;/q;;;;;;-1/p+1. The summed E-state index contributed by atoms with van der Waals surface area (Å²) in [6.45, 7) is 16.8. The van der Waals surface area contributed by atoms with Gasteiger partial charge in [0, 0.05) is 5.56 Å². The second-order valence-corrected chi connectivity index (χ2v) is 22.9. The van der Waals surface area contributed by atoms with E-state index >= 15 is 0 Å². The van der Waals surface area contributed by atoms with Crippen LogP contribution in [0.15, 0.2) is 0 Å². The van der Waals surface area contributed by atoms with E-state index in [2.05, 4.69) is 46.9 Å². The molecule has 0 saturated heterocycles. The lowest BCUT2D eigenvalue weighted by atomic mass is 9.92. The molecule has 356 valence electrons. The zero-order valence-electron chi connectivity index (χ0n) is 38.6. The molecule has 0 radical (unpaired) electrons. The van der Waals surface area contributed by atoms with Crippen LogP contribution >= 0.6 is 0 Å². The first-order valence-electron chi connectivity index (χ1n) is 23.8. The average molecular weight is 906 g/mol. The number of rotatable bonds is 29. The van der Waals surface area contributed by atoms with Crippen LogP contribution in [0.1, 0.15) is 194 Å². The number of hydrogen-bond acceptors (Lipinski definition) is 0. The van der Waals surface area contributed by atoms with E-state index in [-0.39, 0.29) is 0 Å². The molecule has 0 bridgehead atoms. The van der Waals surface area contributed by atoms with Crippen LogP contribution in [-0.4, -0.2) is 26.2 Å². The molecule has 0 amide bonds. The highest BCUT2D eigenvalue weighted by Gasteiger charge is 2.43. The predicted octanol–water partition coefficient (Wildman–Crippen LogP) is 17.5. The van der Waals surface area contributed by atoms with E-state index in [1.165, 1.54) is 129 Å². The Labute approximate surface area is 364 Å². The summed E-state index contributed by atoms with van der Waals surface area (Å²) in [5, 5.41) is 9.16. The molecular formula is C48H79AlF11N. The number of hydrogen-bond donors (Lipinski definition) is 1. The average Bonchev–Trinajstić information content (AvgIpc) is 3.23. The smallest absolute Gasteiger partial charge is 0.346 e. The molecule has 2 rings (SSSR count). The van der Waals surface area contributed by atoms with Gasteiger partial charge >= 0.3 is 6.18 Å². The van der Waals surface area contributed by atoms with Crippen molar-refractivity contribution in [1.29, 1.82) is 0 Å². The normalized spacial score (nSPS) is 11.7. The van der Waals surface area contributed by atoms with E-state index < -0.39 is 88.0 Å². The van der Waals surface area contributed by atoms with Gasteiger partial charge in [-0.3, -0.25) is 0 Å². The van der Waals surface area contributed by atoms with E-state index in [1.54, 1.807) is 46.8 Å². The first-order valence-corrected chi connectivity index (χ1v) is 27.0. The van der Waals surface area contributed by atoms with E-state index in [0.29, 0.717) is 6.92 Å². The number of nitrogens with two attached hydrogens (primary N) is 1. The molecule has 2 aromatic carbocycles. The lowest BCUT2D eigenvalue weighted by Gasteiger charge is -2.37. The van der Waals surface area contributed by atoms with Crippen LogP contribution in [0, 0.1) is 53.5 Å². The number of alkyl halides is 3. The highest BCUT2D eigenvalue weighted by molar-refractivity contribution is 6.79. The number of unbranched alkanes of at least 4 members (excludes halogenated alkanes) is 16. The third-order valence-corrected chi connectivity index (χ3v) is 18.5. The van der Waals surface area contributed by atoms with Gasteiger partial charge in [0.15, 0.2) is 40.7 Å². The fourth-order valence-corrected chi connectivity index (χ4v) is 14.7. The Hall–Kier alpha value is -1.84. The third kappa shape index (κ3) is 21.6. The van der Waals surface area contributed by atoms with Gasteiger partial charge in [0.25, 0.3) is 0 Å². The van der Waals surface area contributed by atoms with Crippen LogP contribution in [0.2, 0.25) is 21.1 Å². The summed E-state index contributed by atoms with van der Waals surface area (Å²) in [5.74, 6) is -21.2. The number of halogens is 11. The largest absolute Gasteiger partial charge is 0.419 e. The second-order valence-electron chi connectivity index (χ2n) is 17.2. The fraction of sp³-hybridized carbons (Fsp3) is 0.750. The third-order valence-electron chi connectivity index (χ3n) is 12.0. The van der Waals surface area contributed by atoms with Crippen molar-refractivity contribution in [2.24, 2.45) is 0 Å². The Balaban J connectivity index is 0.00000102. The molecule has 61 heavy (non-hydrogen) atoms. The minimum atomic E-state index is -5.83. The highest BCUT2D eigenvalue weighted by Crippen LogP contribution is 2.45. The fourth-order valence-electron chi connectivity index (χ4n) is 8.32. The van der Waals surface area contributed by atoms with Crippen molar-refractivity contribution in [3.05, 3.63) is 57.7 Å². The number of quaternary nitrogens is 1. The zero-order valence-corrected chi connectivity index (χ0v) is 39.8. The zero-order chi connectivity index (χ0) is 46.4. The van der Waals surface area contributed by atoms with Gasteiger partial charge in [0.05, 0.1) is 18.7 Å². The van der Waals surface area contributed by atoms with Gasteiger partial charge < -0.3 is 5.32 Å². The Morgan fingerprint density at radius 2 is 0.656 bits per heavy atom. The molecule has 0 unspecified atom stereocenters. The van der Waals surface area contributed by atoms with Crippen LogP contribution in [0.3, 0.4) is 0 Å². The van der Waals surface area contributed by atoms with Crippen molar-refractivity contribution < 1.29 is 53.6 Å². The summed E-state index contributed by atoms with van der Waals surface area (Å²) in [4.78, 5) is 0. The molecule has 0 heterocycles. The Morgan fingerprint density at radius 3 is 0.951 bits per heavy atom. The van der Waals surface area contributed by atoms with Crippen molar-refractivity contribution in [3.63, 3.8) is 0 Å². The van der Waals surface area contributed by atoms with Crippen molar-refractivity contribution in [1.82, 2.24) is 0 Å². The highest BCUT2D eigenvalue weighted by atomic mass is 27.2. The molecule has 1 nitrogen and oxygen atoms in total. The first kappa shape index (κ1) is 59.2. The molecule has 0 aromatic heterocycles. The summed E-state index contributed by atoms with van der Waals surface area (Å²) in [5.41, 5.74) is -8.45. The molecule has 0 spiro atoms. The van der Waals surface area contributed by atoms with Crippen LogP contribution in [0.4, 0.5) is 48.3 Å². The molecular weight excluding hydrogens is 826 g/mol. The molecule has 13 heteroatoms. The lowest BCUT2D eigenvalue weighted by Crippen LogP contribution is -2.84. The van der Waals surface area contributed by atoms with Crippen molar-refractivity contribution in [2.75, 3.05) is 13.1 Å². The first-order chi connectivity index (χ1) is 29.0. The molecule has 0 saturated carbocycles. The lowest BCUT2D eigenvalue weighted by molar-refractivity contribution is -0.654. The molecule has 0 aliphatic carbocycles. The molecule has 0 atom stereocenters. The van der Waals surface area contributed by atoms with E-state index in [9.17, 15) is 48.3 Å². The molecule has 0 aliphatic rings. The maximum Gasteiger partial charge on any atom is 0.419 e. The summed E-state index contributed by atoms with van der Waals surface area (Å²) in [6, 6.07) is 0. The van der Waals surface area contributed by atoms with Gasteiger partial charge in [-0.2, -0.15) is 34.3 Å². The topological polar surface area (TPSA) is 16.6 Å². The summed E-state index contributed by atoms with van der Waals surface area (Å²) in [7, 11) is 0. The van der Waals surface area contributed by atoms with Crippen LogP contribution in [0.25, 0.3) is 11.1 Å². The summed E-state index contributed by atoms with van der Waals surface area (Å²) in [6.07, 6.45) is 26.5. The maximum absolute atomic E-state index is 13.8. The van der Waals surface area contributed by atoms with E-state index in [0.717, 1.165) is 0 Å². The second kappa shape index (κ2) is 33.6. The minimum absolute atomic E-state index is 0.362. The Bertz CT molecular complexity index is 1370. The quantitative estimate of drug-likeness (QED) is 0.0275. The summed E-state index contributed by atoms with van der Waals surface area (Å²) < 4.78 is 146. The molecule has 2 aromatic rings. The van der Waals surface area contributed by atoms with Crippen LogP contribution < -0.4 is 5.32 Å². The molecule has 2 N–H and O–H groups in total. The predicted molar refractivity (Wildman–Crippen MR) is 234 cm³/mol. The Morgan fingerprint density at radius 1 is 0.361 bits per heavy atom. The van der Waals surface area contributed by atoms with E-state index in [1.807, 2.05) is 0 Å². The van der Waals surface area contributed by atoms with Gasteiger partial charge in [-0.05, 0) is 25.3 Å². The van der Waals surface area contributed by atoms with E-state index in [4.69, 9.17) is 0 Å². The minimum Gasteiger partial charge on any atom is -0.346 e. The van der Waals surface area contributed by atoms with Gasteiger partial charge in [-0.1, -0.05) is 170 Å². The van der Waals surface area contributed by atoms with Crippen molar-refractivity contribution in [2.45, 2.75) is 217 Å². The van der Waals surface area contributed by atoms with Gasteiger partial charge in [0.1, 0.15) is 18.6 Å². The van der Waals surface area contributed by atoms with Crippen LogP contribution in [-0.2, 0) is 6.18 Å². The van der Waals surface area contributed by atoms with Gasteiger partial charge in [0.2, 0.25) is 5.82 Å². The summed E-state index contributed by atoms with van der Waals surface area (Å²) >= 11 is -1.38.